The number of amides is 1. The van der Waals surface area contributed by atoms with E-state index in [4.69, 9.17) is 36.1 Å². The molecule has 1 aliphatic carbocycles. The van der Waals surface area contributed by atoms with E-state index in [2.05, 4.69) is 43.2 Å². The average molecular weight is 788 g/mol. The van der Waals surface area contributed by atoms with Crippen molar-refractivity contribution in [3.63, 3.8) is 0 Å². The van der Waals surface area contributed by atoms with Crippen molar-refractivity contribution in [3.8, 4) is 0 Å². The minimum Gasteiger partial charge on any atom is -0.394 e. The molecule has 18 nitrogen and oxygen atoms in total. The first kappa shape index (κ1) is 47.1. The third-order valence-corrected chi connectivity index (χ3v) is 10.2. The zero-order chi connectivity index (χ0) is 41.0. The fourth-order valence-electron chi connectivity index (χ4n) is 6.68. The number of allylic oxidation sites excluding steroid dienone is 6. The summed E-state index contributed by atoms with van der Waals surface area (Å²) >= 11 is 0. The van der Waals surface area contributed by atoms with Crippen LogP contribution in [-0.2, 0) is 23.7 Å². The molecule has 1 amide bonds. The van der Waals surface area contributed by atoms with E-state index in [1.54, 1.807) is 6.21 Å². The van der Waals surface area contributed by atoms with Gasteiger partial charge in [0, 0.05) is 31.8 Å². The smallest absolute Gasteiger partial charge is 0.249 e. The van der Waals surface area contributed by atoms with Crippen molar-refractivity contribution in [1.29, 1.82) is 0 Å². The van der Waals surface area contributed by atoms with Gasteiger partial charge >= 0.3 is 0 Å². The van der Waals surface area contributed by atoms with Gasteiger partial charge in [0.2, 0.25) is 5.91 Å². The second kappa shape index (κ2) is 22.6. The molecule has 15 N–H and O–H groups in total. The molecule has 18 heteroatoms. The lowest BCUT2D eigenvalue weighted by Gasteiger charge is -2.49. The molecule has 0 aromatic heterocycles. The Balaban J connectivity index is 1.66. The van der Waals surface area contributed by atoms with Crippen LogP contribution in [0.25, 0.3) is 0 Å². The first-order valence-corrected chi connectivity index (χ1v) is 19.0. The van der Waals surface area contributed by atoms with E-state index in [0.717, 1.165) is 31.3 Å². The molecule has 16 atom stereocenters. The molecule has 3 aliphatic rings. The number of rotatable bonds is 18. The molecule has 0 aromatic rings. The van der Waals surface area contributed by atoms with Gasteiger partial charge in [-0.25, -0.2) is 0 Å². The van der Waals surface area contributed by atoms with E-state index >= 15 is 0 Å². The van der Waals surface area contributed by atoms with Crippen LogP contribution in [0.15, 0.2) is 39.9 Å². The Bertz CT molecular complexity index is 1310. The van der Waals surface area contributed by atoms with Gasteiger partial charge in [0.05, 0.1) is 18.7 Å². The van der Waals surface area contributed by atoms with E-state index in [1.807, 2.05) is 13.0 Å². The Morgan fingerprint density at radius 3 is 2.11 bits per heavy atom. The minimum atomic E-state index is -1.77. The maximum atomic E-state index is 13.2. The predicted molar refractivity (Wildman–Crippen MR) is 201 cm³/mol. The van der Waals surface area contributed by atoms with E-state index < -0.39 is 110 Å². The predicted octanol–water partition coefficient (Wildman–Crippen LogP) is -2.89. The molecule has 316 valence electrons. The second-order valence-electron chi connectivity index (χ2n) is 15.0. The molecule has 0 radical (unpaired) electrons. The van der Waals surface area contributed by atoms with Crippen molar-refractivity contribution in [1.82, 2.24) is 5.32 Å². The second-order valence-corrected chi connectivity index (χ2v) is 15.0. The highest BCUT2D eigenvalue weighted by atomic mass is 16.7. The van der Waals surface area contributed by atoms with Crippen molar-refractivity contribution in [2.24, 2.45) is 22.2 Å². The number of nitrogens with zero attached hydrogens (tertiary/aromatic N) is 1. The van der Waals surface area contributed by atoms with Crippen LogP contribution in [0.3, 0.4) is 0 Å². The molecule has 3 rings (SSSR count). The number of aliphatic imine (C=N–C) groups is 1. The lowest BCUT2D eigenvalue weighted by molar-refractivity contribution is -0.332. The highest BCUT2D eigenvalue weighted by Gasteiger charge is 2.52. The third kappa shape index (κ3) is 13.4. The Morgan fingerprint density at radius 1 is 0.836 bits per heavy atom. The molecule has 0 bridgehead atoms. The number of nitrogens with one attached hydrogen (secondary N) is 1. The molecule has 16 unspecified atom stereocenters. The van der Waals surface area contributed by atoms with E-state index in [1.165, 1.54) is 11.1 Å². The summed E-state index contributed by atoms with van der Waals surface area (Å²) in [5.74, 6) is -0.828. The topological polar surface area (TPSA) is 318 Å². The van der Waals surface area contributed by atoms with Crippen LogP contribution >= 0.6 is 0 Å². The van der Waals surface area contributed by atoms with Crippen molar-refractivity contribution >= 4 is 12.1 Å². The van der Waals surface area contributed by atoms with Gasteiger partial charge < -0.3 is 82.3 Å². The molecular formula is C37H65N5O13. The zero-order valence-electron chi connectivity index (χ0n) is 32.2. The van der Waals surface area contributed by atoms with Crippen LogP contribution in [0.5, 0.6) is 0 Å². The van der Waals surface area contributed by atoms with Crippen LogP contribution < -0.4 is 22.5 Å². The van der Waals surface area contributed by atoms with Crippen molar-refractivity contribution in [3.05, 3.63) is 34.9 Å². The zero-order valence-corrected chi connectivity index (χ0v) is 32.2. The molecule has 0 spiro atoms. The molecule has 2 saturated heterocycles. The summed E-state index contributed by atoms with van der Waals surface area (Å²) in [7, 11) is 0. The van der Waals surface area contributed by atoms with Crippen LogP contribution in [0.4, 0.5) is 0 Å². The average Bonchev–Trinajstić information content (AvgIpc) is 3.14. The van der Waals surface area contributed by atoms with Gasteiger partial charge in [-0.15, -0.1) is 0 Å². The number of aliphatic hydroxyl groups excluding tert-OH is 8. The molecule has 55 heavy (non-hydrogen) atoms. The molecular weight excluding hydrogens is 722 g/mol. The van der Waals surface area contributed by atoms with Crippen molar-refractivity contribution in [2.75, 3.05) is 19.7 Å². The van der Waals surface area contributed by atoms with Gasteiger partial charge in [-0.2, -0.15) is 0 Å². The molecule has 2 aliphatic heterocycles. The third-order valence-electron chi connectivity index (χ3n) is 10.2. The fourth-order valence-corrected chi connectivity index (χ4v) is 6.68. The summed E-state index contributed by atoms with van der Waals surface area (Å²) in [6.45, 7) is 7.52. The van der Waals surface area contributed by atoms with Crippen LogP contribution in [0.2, 0.25) is 0 Å². The van der Waals surface area contributed by atoms with Gasteiger partial charge in [-0.05, 0) is 65.9 Å². The number of aliphatic hydroxyl groups is 8. The van der Waals surface area contributed by atoms with Gasteiger partial charge in [-0.1, -0.05) is 28.9 Å². The first-order chi connectivity index (χ1) is 26.0. The van der Waals surface area contributed by atoms with E-state index in [0.29, 0.717) is 0 Å². The first-order valence-electron chi connectivity index (χ1n) is 19.0. The summed E-state index contributed by atoms with van der Waals surface area (Å²) < 4.78 is 22.9. The maximum absolute atomic E-state index is 13.2. The lowest BCUT2D eigenvalue weighted by Crippen LogP contribution is -2.69. The van der Waals surface area contributed by atoms with Crippen molar-refractivity contribution in [2.45, 2.75) is 164 Å². The normalized spacial score (nSPS) is 38.2. The number of ether oxygens (including phenoxy) is 4. The monoisotopic (exact) mass is 787 g/mol. The molecule has 0 aromatic carbocycles. The van der Waals surface area contributed by atoms with Crippen LogP contribution in [0.1, 0.15) is 66.2 Å². The Kier molecular flexibility index (Phi) is 19.4. The van der Waals surface area contributed by atoms with Gasteiger partial charge in [0.1, 0.15) is 67.1 Å². The SMILES string of the molecule is CC(C)=CCC/C(C)=C/CC/C(C)=C/C=NCCC(O)C(=O)NC1CC(N)C(OC2OC(CN)C(O)C(O)C2O)C(O)C1OC1OC(CO)C(O)C(N)C1O. The Morgan fingerprint density at radius 2 is 1.45 bits per heavy atom. The number of hydrogen-bond acceptors (Lipinski definition) is 17. The molecule has 2 heterocycles. The van der Waals surface area contributed by atoms with Gasteiger partial charge in [0.25, 0.3) is 0 Å². The number of nitrogens with two attached hydrogens (primary N) is 3. The minimum absolute atomic E-state index is 0.0375. The number of hydrogen-bond donors (Lipinski definition) is 12. The highest BCUT2D eigenvalue weighted by molar-refractivity contribution is 5.81. The number of carbonyl (C=O) groups excluding carboxylic acids is 1. The fraction of sp³-hybridized carbons (Fsp3) is 0.784. The Hall–Kier alpha value is -2.24. The highest BCUT2D eigenvalue weighted by Crippen LogP contribution is 2.32. The summed E-state index contributed by atoms with van der Waals surface area (Å²) in [6, 6.07) is -3.52. The Labute approximate surface area is 322 Å². The van der Waals surface area contributed by atoms with Crippen LogP contribution in [-0.4, -0.2) is 171 Å². The van der Waals surface area contributed by atoms with Gasteiger partial charge in [-0.3, -0.25) is 9.79 Å². The quantitative estimate of drug-likeness (QED) is 0.0490. The lowest BCUT2D eigenvalue weighted by atomic mass is 9.83. The van der Waals surface area contributed by atoms with Crippen LogP contribution in [0, 0.1) is 0 Å². The number of carbonyl (C=O) groups is 1. The summed E-state index contributed by atoms with van der Waals surface area (Å²) in [5.41, 5.74) is 21.8. The van der Waals surface area contributed by atoms with Gasteiger partial charge in [0.15, 0.2) is 12.6 Å². The van der Waals surface area contributed by atoms with Crippen molar-refractivity contribution < 1.29 is 64.6 Å². The molecule has 3 fully saturated rings. The van der Waals surface area contributed by atoms with E-state index in [9.17, 15) is 45.6 Å². The molecule has 1 saturated carbocycles. The largest absolute Gasteiger partial charge is 0.394 e. The maximum Gasteiger partial charge on any atom is 0.249 e. The summed E-state index contributed by atoms with van der Waals surface area (Å²) in [5, 5.41) is 86.9. The summed E-state index contributed by atoms with van der Waals surface area (Å²) in [6.07, 6.45) is -8.22. The van der Waals surface area contributed by atoms with E-state index in [-0.39, 0.29) is 25.9 Å². The standard InChI is InChI=1S/C37H65N5O13/c1-18(2)7-5-8-19(3)9-6-10-20(4)11-13-41-14-12-23(44)35(51)42-22-15-21(39)33(54-37-31(49)30(48)28(46)24(16-38)52-37)32(50)34(22)55-36-29(47)26(40)27(45)25(17-43)53-36/h7,9,11,13,21-34,36-37,43-50H,5-6,8,10,12,14-17,38-40H2,1-4H3,(H,42,51)/b19-9+,20-11+,41-13?. The summed E-state index contributed by atoms with van der Waals surface area (Å²) in [4.78, 5) is 17.5.